The monoisotopic (exact) mass is 305 g/mol. The summed E-state index contributed by atoms with van der Waals surface area (Å²) in [5.74, 6) is 0.845. The number of hydrogen-bond acceptors (Lipinski definition) is 4. The lowest BCUT2D eigenvalue weighted by Gasteiger charge is -2.31. The van der Waals surface area contributed by atoms with Crippen LogP contribution in [0.1, 0.15) is 36.0 Å². The van der Waals surface area contributed by atoms with Crippen LogP contribution in [0.5, 0.6) is 5.75 Å². The Hall–Kier alpha value is -1.88. The summed E-state index contributed by atoms with van der Waals surface area (Å²) in [4.78, 5) is 26.0. The molecule has 5 heteroatoms. The summed E-state index contributed by atoms with van der Waals surface area (Å²) in [7, 11) is 1.58. The second kappa shape index (κ2) is 7.94. The van der Waals surface area contributed by atoms with Crippen molar-refractivity contribution < 1.29 is 19.4 Å². The molecule has 1 atom stereocenters. The first-order valence-electron chi connectivity index (χ1n) is 7.70. The Morgan fingerprint density at radius 3 is 2.64 bits per heavy atom. The lowest BCUT2D eigenvalue weighted by Crippen LogP contribution is -2.41. The molecule has 0 spiro atoms. The number of ether oxygens (including phenoxy) is 1. The van der Waals surface area contributed by atoms with Gasteiger partial charge in [0.25, 0.3) is 0 Å². The zero-order chi connectivity index (χ0) is 15.9. The standard InChI is InChI=1S/C17H23NO4/c1-22-15-6-4-14(5-7-15)16(20)8-9-17(21)18-10-2-3-13(11-18)12-19/h4-7,13,19H,2-3,8-12H2,1H3. The van der Waals surface area contributed by atoms with E-state index in [2.05, 4.69) is 0 Å². The Bertz CT molecular complexity index is 512. The van der Waals surface area contributed by atoms with Crippen molar-refractivity contribution >= 4 is 11.7 Å². The maximum Gasteiger partial charge on any atom is 0.223 e. The minimum Gasteiger partial charge on any atom is -0.497 e. The number of Topliss-reactive ketones (excluding diaryl/α,β-unsaturated/α-hetero) is 1. The van der Waals surface area contributed by atoms with E-state index < -0.39 is 0 Å². The number of methoxy groups -OCH3 is 1. The van der Waals surface area contributed by atoms with Gasteiger partial charge < -0.3 is 14.7 Å². The minimum atomic E-state index is -0.0354. The van der Waals surface area contributed by atoms with Crippen LogP contribution in [0.25, 0.3) is 0 Å². The number of likely N-dealkylation sites (tertiary alicyclic amines) is 1. The molecule has 1 aliphatic rings. The fourth-order valence-electron chi connectivity index (χ4n) is 2.74. The van der Waals surface area contributed by atoms with Gasteiger partial charge in [-0.05, 0) is 43.0 Å². The smallest absolute Gasteiger partial charge is 0.223 e. The third kappa shape index (κ3) is 4.31. The molecule has 1 aliphatic heterocycles. The molecule has 1 aromatic rings. The van der Waals surface area contributed by atoms with Crippen LogP contribution in [0, 0.1) is 5.92 Å². The van der Waals surface area contributed by atoms with Gasteiger partial charge in [0.15, 0.2) is 5.78 Å². The molecule has 0 saturated carbocycles. The summed E-state index contributed by atoms with van der Waals surface area (Å²) in [5.41, 5.74) is 0.598. The summed E-state index contributed by atoms with van der Waals surface area (Å²) < 4.78 is 5.05. The molecule has 1 amide bonds. The van der Waals surface area contributed by atoms with Gasteiger partial charge in [0.2, 0.25) is 5.91 Å². The predicted octanol–water partition coefficient (Wildman–Crippen LogP) is 1.89. The molecule has 1 N–H and O–H groups in total. The summed E-state index contributed by atoms with van der Waals surface area (Å²) in [6, 6.07) is 6.92. The van der Waals surface area contributed by atoms with Gasteiger partial charge in [-0.1, -0.05) is 0 Å². The quantitative estimate of drug-likeness (QED) is 0.815. The molecular formula is C17H23NO4. The first-order valence-corrected chi connectivity index (χ1v) is 7.70. The van der Waals surface area contributed by atoms with Crippen molar-refractivity contribution in [3.8, 4) is 5.75 Å². The molecule has 1 heterocycles. The number of hydrogen-bond donors (Lipinski definition) is 1. The normalized spacial score (nSPS) is 18.1. The van der Waals surface area contributed by atoms with Gasteiger partial charge in [0, 0.05) is 38.1 Å². The maximum atomic E-state index is 12.2. The minimum absolute atomic E-state index is 0.0000108. The van der Waals surface area contributed by atoms with Crippen LogP contribution in [0.4, 0.5) is 0 Å². The van der Waals surface area contributed by atoms with Crippen LogP contribution in [0.15, 0.2) is 24.3 Å². The van der Waals surface area contributed by atoms with Gasteiger partial charge in [-0.2, -0.15) is 0 Å². The number of ketones is 1. The number of carbonyl (C=O) groups excluding carboxylic acids is 2. The van der Waals surface area contributed by atoms with E-state index in [1.165, 1.54) is 0 Å². The zero-order valence-electron chi connectivity index (χ0n) is 13.0. The van der Waals surface area contributed by atoms with E-state index >= 15 is 0 Å². The topological polar surface area (TPSA) is 66.8 Å². The molecule has 0 radical (unpaired) electrons. The highest BCUT2D eigenvalue weighted by Gasteiger charge is 2.23. The van der Waals surface area contributed by atoms with Crippen molar-refractivity contribution in [3.05, 3.63) is 29.8 Å². The van der Waals surface area contributed by atoms with Crippen molar-refractivity contribution in [1.82, 2.24) is 4.90 Å². The van der Waals surface area contributed by atoms with Gasteiger partial charge in [-0.15, -0.1) is 0 Å². The van der Waals surface area contributed by atoms with Gasteiger partial charge in [-0.3, -0.25) is 9.59 Å². The van der Waals surface area contributed by atoms with Crippen molar-refractivity contribution in [2.45, 2.75) is 25.7 Å². The summed E-state index contributed by atoms with van der Waals surface area (Å²) in [5, 5.41) is 9.20. The first kappa shape index (κ1) is 16.5. The summed E-state index contributed by atoms with van der Waals surface area (Å²) >= 11 is 0. The Balaban J connectivity index is 1.83. The van der Waals surface area contributed by atoms with Crippen LogP contribution >= 0.6 is 0 Å². The number of amides is 1. The number of aliphatic hydroxyl groups excluding tert-OH is 1. The molecule has 0 aromatic heterocycles. The largest absolute Gasteiger partial charge is 0.497 e. The molecule has 22 heavy (non-hydrogen) atoms. The fourth-order valence-corrected chi connectivity index (χ4v) is 2.74. The van der Waals surface area contributed by atoms with Crippen molar-refractivity contribution in [1.29, 1.82) is 0 Å². The molecule has 1 fully saturated rings. The van der Waals surface area contributed by atoms with E-state index in [0.29, 0.717) is 17.9 Å². The van der Waals surface area contributed by atoms with E-state index in [-0.39, 0.29) is 37.1 Å². The van der Waals surface area contributed by atoms with E-state index in [0.717, 1.165) is 19.4 Å². The number of piperidine rings is 1. The maximum absolute atomic E-state index is 12.2. The van der Waals surface area contributed by atoms with Crippen LogP contribution in [-0.4, -0.2) is 48.5 Å². The van der Waals surface area contributed by atoms with E-state index in [9.17, 15) is 14.7 Å². The fraction of sp³-hybridized carbons (Fsp3) is 0.529. The summed E-state index contributed by atoms with van der Waals surface area (Å²) in [6.07, 6.45) is 2.32. The second-order valence-corrected chi connectivity index (χ2v) is 5.68. The Kier molecular flexibility index (Phi) is 5.95. The van der Waals surface area contributed by atoms with Gasteiger partial charge in [-0.25, -0.2) is 0 Å². The first-order chi connectivity index (χ1) is 10.6. The van der Waals surface area contributed by atoms with Crippen molar-refractivity contribution in [3.63, 3.8) is 0 Å². The van der Waals surface area contributed by atoms with E-state index in [1.54, 1.807) is 36.3 Å². The molecule has 1 aromatic carbocycles. The van der Waals surface area contributed by atoms with Gasteiger partial charge in [0.1, 0.15) is 5.75 Å². The highest BCUT2D eigenvalue weighted by molar-refractivity contribution is 5.98. The van der Waals surface area contributed by atoms with Crippen LogP contribution in [0.3, 0.4) is 0 Å². The average molecular weight is 305 g/mol. The molecule has 1 unspecified atom stereocenters. The number of rotatable bonds is 6. The number of nitrogens with zero attached hydrogens (tertiary/aromatic N) is 1. The van der Waals surface area contributed by atoms with Crippen LogP contribution in [0.2, 0.25) is 0 Å². The lowest BCUT2D eigenvalue weighted by atomic mass is 9.98. The third-order valence-electron chi connectivity index (χ3n) is 4.11. The number of aliphatic hydroxyl groups is 1. The average Bonchev–Trinajstić information content (AvgIpc) is 2.59. The molecule has 1 saturated heterocycles. The lowest BCUT2D eigenvalue weighted by molar-refractivity contribution is -0.133. The van der Waals surface area contributed by atoms with Gasteiger partial charge >= 0.3 is 0 Å². The molecule has 5 nitrogen and oxygen atoms in total. The molecule has 2 rings (SSSR count). The number of benzene rings is 1. The molecule has 0 bridgehead atoms. The Morgan fingerprint density at radius 1 is 1.27 bits per heavy atom. The van der Waals surface area contributed by atoms with Crippen LogP contribution in [-0.2, 0) is 4.79 Å². The third-order valence-corrected chi connectivity index (χ3v) is 4.11. The van der Waals surface area contributed by atoms with Crippen molar-refractivity contribution in [2.24, 2.45) is 5.92 Å². The van der Waals surface area contributed by atoms with E-state index in [4.69, 9.17) is 4.74 Å². The predicted molar refractivity (Wildman–Crippen MR) is 82.9 cm³/mol. The summed E-state index contributed by atoms with van der Waals surface area (Å²) in [6.45, 7) is 1.45. The molecular weight excluding hydrogens is 282 g/mol. The van der Waals surface area contributed by atoms with Crippen LogP contribution < -0.4 is 4.74 Å². The SMILES string of the molecule is COc1ccc(C(=O)CCC(=O)N2CCCC(CO)C2)cc1. The van der Waals surface area contributed by atoms with Crippen molar-refractivity contribution in [2.75, 3.05) is 26.8 Å². The van der Waals surface area contributed by atoms with Gasteiger partial charge in [0.05, 0.1) is 7.11 Å². The highest BCUT2D eigenvalue weighted by Crippen LogP contribution is 2.18. The second-order valence-electron chi connectivity index (χ2n) is 5.68. The van der Waals surface area contributed by atoms with E-state index in [1.807, 2.05) is 0 Å². The zero-order valence-corrected chi connectivity index (χ0v) is 13.0. The molecule has 120 valence electrons. The highest BCUT2D eigenvalue weighted by atomic mass is 16.5. The Morgan fingerprint density at radius 2 is 2.00 bits per heavy atom. The Labute approximate surface area is 130 Å². The number of carbonyl (C=O) groups is 2. The molecule has 0 aliphatic carbocycles.